The van der Waals surface area contributed by atoms with Crippen molar-refractivity contribution in [2.75, 3.05) is 17.6 Å². The molecule has 0 saturated heterocycles. The monoisotopic (exact) mass is 495 g/mol. The number of rotatable bonds is 6. The number of H-pyrrole nitrogens is 1. The van der Waals surface area contributed by atoms with Crippen LogP contribution < -0.4 is 16.0 Å². The van der Waals surface area contributed by atoms with E-state index in [9.17, 15) is 28.2 Å². The van der Waals surface area contributed by atoms with Crippen molar-refractivity contribution in [1.82, 2.24) is 9.55 Å². The van der Waals surface area contributed by atoms with Crippen LogP contribution >= 0.6 is 0 Å². The lowest BCUT2D eigenvalue weighted by Crippen LogP contribution is -2.28. The number of aromatic nitrogens is 2. The Morgan fingerprint density at radius 2 is 1.69 bits per heavy atom. The van der Waals surface area contributed by atoms with Crippen molar-refractivity contribution < 1.29 is 18.6 Å². The summed E-state index contributed by atoms with van der Waals surface area (Å²) in [5.41, 5.74) is 0.352. The number of hydrogen-bond acceptors (Lipinski definition) is 6. The number of aromatic amines is 1. The van der Waals surface area contributed by atoms with Crippen molar-refractivity contribution in [3.8, 4) is 22.6 Å². The summed E-state index contributed by atoms with van der Waals surface area (Å²) in [6.45, 7) is 3.28. The number of aromatic hydroxyl groups is 1. The molecule has 1 aromatic heterocycles. The van der Waals surface area contributed by atoms with Crippen molar-refractivity contribution in [2.45, 2.75) is 19.3 Å². The SMILES string of the molecule is CC(C)(CO)c1cc(-n2ccc(=O)[nH]c2=O)cc(-c2ccc3cc(NS(C)(=O)=O)ccc3c2)c1O. The predicted molar refractivity (Wildman–Crippen MR) is 136 cm³/mol. The highest BCUT2D eigenvalue weighted by Gasteiger charge is 2.26. The standard InChI is InChI=1S/C25H25N3O6S/c1-25(2,14-29)21-13-19(28-9-8-22(30)26-24(28)32)12-20(23(21)31)17-5-4-16-11-18(27-35(3,33)34)7-6-15(16)10-17/h4-13,27,29,31H,14H2,1-3H3,(H,26,30,32). The van der Waals surface area contributed by atoms with Gasteiger partial charge in [0.25, 0.3) is 5.56 Å². The second kappa shape index (κ2) is 8.71. The first-order chi connectivity index (χ1) is 16.4. The number of nitrogens with zero attached hydrogens (tertiary/aromatic N) is 1. The van der Waals surface area contributed by atoms with E-state index in [0.29, 0.717) is 28.1 Å². The Labute approximate surface area is 201 Å². The number of aliphatic hydroxyl groups excluding tert-OH is 1. The van der Waals surface area contributed by atoms with Gasteiger partial charge in [0.15, 0.2) is 0 Å². The topological polar surface area (TPSA) is 141 Å². The van der Waals surface area contributed by atoms with Crippen LogP contribution in [0.4, 0.5) is 5.69 Å². The van der Waals surface area contributed by atoms with Crippen LogP contribution in [0.15, 0.2) is 70.4 Å². The molecule has 0 aliphatic heterocycles. The van der Waals surface area contributed by atoms with Crippen molar-refractivity contribution >= 4 is 26.5 Å². The number of sulfonamides is 1. The Bertz CT molecular complexity index is 1670. The van der Waals surface area contributed by atoms with Gasteiger partial charge in [-0.05, 0) is 46.7 Å². The van der Waals surface area contributed by atoms with E-state index in [4.69, 9.17) is 0 Å². The average Bonchev–Trinajstić information content (AvgIpc) is 2.78. The highest BCUT2D eigenvalue weighted by molar-refractivity contribution is 7.92. The Kier molecular flexibility index (Phi) is 6.04. The summed E-state index contributed by atoms with van der Waals surface area (Å²) in [5, 5.41) is 22.7. The molecule has 4 N–H and O–H groups in total. The van der Waals surface area contributed by atoms with Gasteiger partial charge >= 0.3 is 5.69 Å². The fourth-order valence-corrected chi connectivity index (χ4v) is 4.45. The van der Waals surface area contributed by atoms with Gasteiger partial charge in [-0.15, -0.1) is 0 Å². The molecule has 9 nitrogen and oxygen atoms in total. The number of phenolic OH excluding ortho intramolecular Hbond substituents is 1. The maximum Gasteiger partial charge on any atom is 0.332 e. The predicted octanol–water partition coefficient (Wildman–Crippen LogP) is 2.69. The van der Waals surface area contributed by atoms with Crippen molar-refractivity contribution in [3.63, 3.8) is 0 Å². The van der Waals surface area contributed by atoms with Gasteiger partial charge < -0.3 is 10.2 Å². The lowest BCUT2D eigenvalue weighted by molar-refractivity contribution is 0.215. The molecule has 10 heteroatoms. The van der Waals surface area contributed by atoms with Gasteiger partial charge in [-0.25, -0.2) is 13.2 Å². The summed E-state index contributed by atoms with van der Waals surface area (Å²) >= 11 is 0. The van der Waals surface area contributed by atoms with Crippen LogP contribution in [0.2, 0.25) is 0 Å². The maximum atomic E-state index is 12.5. The fraction of sp³-hybridized carbons (Fsp3) is 0.200. The third-order valence-electron chi connectivity index (χ3n) is 5.78. The minimum Gasteiger partial charge on any atom is -0.507 e. The first kappa shape index (κ1) is 24.2. The molecule has 35 heavy (non-hydrogen) atoms. The van der Waals surface area contributed by atoms with Gasteiger partial charge in [0, 0.05) is 34.5 Å². The second-order valence-corrected chi connectivity index (χ2v) is 10.8. The van der Waals surface area contributed by atoms with Gasteiger partial charge in [-0.2, -0.15) is 0 Å². The highest BCUT2D eigenvalue weighted by atomic mass is 32.2. The minimum atomic E-state index is -3.41. The smallest absolute Gasteiger partial charge is 0.332 e. The number of fused-ring (bicyclic) bond motifs is 1. The van der Waals surface area contributed by atoms with Gasteiger partial charge in [0.1, 0.15) is 5.75 Å². The van der Waals surface area contributed by atoms with Gasteiger partial charge in [0.05, 0.1) is 18.6 Å². The molecule has 0 radical (unpaired) electrons. The fourth-order valence-electron chi connectivity index (χ4n) is 3.89. The molecule has 0 amide bonds. The van der Waals surface area contributed by atoms with Gasteiger partial charge in [-0.1, -0.05) is 32.0 Å². The van der Waals surface area contributed by atoms with Crippen LogP contribution in [0.25, 0.3) is 27.6 Å². The van der Waals surface area contributed by atoms with E-state index in [1.165, 1.54) is 16.8 Å². The summed E-state index contributed by atoms with van der Waals surface area (Å²) in [6, 6.07) is 15.0. The summed E-state index contributed by atoms with van der Waals surface area (Å²) in [6.07, 6.45) is 2.43. The summed E-state index contributed by atoms with van der Waals surface area (Å²) in [5.74, 6) is -0.0417. The largest absolute Gasteiger partial charge is 0.507 e. The molecule has 3 aromatic carbocycles. The molecule has 0 aliphatic carbocycles. The lowest BCUT2D eigenvalue weighted by atomic mass is 9.82. The van der Waals surface area contributed by atoms with Crippen molar-refractivity contribution in [1.29, 1.82) is 0 Å². The molecule has 182 valence electrons. The molecule has 0 unspecified atom stereocenters. The van der Waals surface area contributed by atoms with Crippen LogP contribution in [-0.2, 0) is 15.4 Å². The molecule has 1 heterocycles. The lowest BCUT2D eigenvalue weighted by Gasteiger charge is -2.26. The third kappa shape index (κ3) is 4.98. The summed E-state index contributed by atoms with van der Waals surface area (Å²) in [4.78, 5) is 26.2. The van der Waals surface area contributed by atoms with Crippen LogP contribution in [0.5, 0.6) is 5.75 Å². The van der Waals surface area contributed by atoms with E-state index in [-0.39, 0.29) is 12.4 Å². The number of hydrogen-bond donors (Lipinski definition) is 4. The number of aliphatic hydroxyl groups is 1. The normalized spacial score (nSPS) is 12.1. The van der Waals surface area contributed by atoms with E-state index < -0.39 is 26.7 Å². The number of anilines is 1. The van der Waals surface area contributed by atoms with Gasteiger partial charge in [-0.3, -0.25) is 19.1 Å². The molecule has 0 spiro atoms. The van der Waals surface area contributed by atoms with E-state index in [2.05, 4.69) is 9.71 Å². The van der Waals surface area contributed by atoms with E-state index in [1.54, 1.807) is 56.3 Å². The first-order valence-electron chi connectivity index (χ1n) is 10.7. The Balaban J connectivity index is 1.92. The number of nitrogens with one attached hydrogen (secondary N) is 2. The Morgan fingerprint density at radius 3 is 2.34 bits per heavy atom. The van der Waals surface area contributed by atoms with E-state index in [0.717, 1.165) is 17.0 Å². The van der Waals surface area contributed by atoms with Gasteiger partial charge in [0.2, 0.25) is 10.0 Å². The molecule has 0 fully saturated rings. The zero-order valence-electron chi connectivity index (χ0n) is 19.4. The zero-order chi connectivity index (χ0) is 25.5. The highest BCUT2D eigenvalue weighted by Crippen LogP contribution is 2.41. The van der Waals surface area contributed by atoms with Crippen molar-refractivity contribution in [2.24, 2.45) is 0 Å². The Hall–Kier alpha value is -3.89. The van der Waals surface area contributed by atoms with E-state index >= 15 is 0 Å². The van der Waals surface area contributed by atoms with E-state index in [1.807, 2.05) is 6.07 Å². The number of benzene rings is 3. The average molecular weight is 496 g/mol. The van der Waals surface area contributed by atoms with Crippen LogP contribution in [-0.4, -0.2) is 41.0 Å². The molecular formula is C25H25N3O6S. The summed E-state index contributed by atoms with van der Waals surface area (Å²) in [7, 11) is -3.41. The quantitative estimate of drug-likeness (QED) is 0.324. The molecule has 0 atom stereocenters. The molecular weight excluding hydrogens is 470 g/mol. The molecule has 4 aromatic rings. The molecule has 0 saturated carbocycles. The number of phenols is 1. The molecule has 0 aliphatic rings. The first-order valence-corrected chi connectivity index (χ1v) is 12.6. The van der Waals surface area contributed by atoms with Crippen LogP contribution in [0.1, 0.15) is 19.4 Å². The molecule has 4 rings (SSSR count). The Morgan fingerprint density at radius 1 is 1.00 bits per heavy atom. The zero-order valence-corrected chi connectivity index (χ0v) is 20.2. The van der Waals surface area contributed by atoms with Crippen LogP contribution in [0, 0.1) is 0 Å². The third-order valence-corrected chi connectivity index (χ3v) is 6.38. The minimum absolute atomic E-state index is 0.0417. The second-order valence-electron chi connectivity index (χ2n) is 9.06. The summed E-state index contributed by atoms with van der Waals surface area (Å²) < 4.78 is 26.8. The van der Waals surface area contributed by atoms with Crippen LogP contribution in [0.3, 0.4) is 0 Å². The maximum absolute atomic E-state index is 12.5. The van der Waals surface area contributed by atoms with Crippen molar-refractivity contribution in [3.05, 3.63) is 87.2 Å². The molecule has 0 bridgehead atoms.